The molecule has 0 aliphatic carbocycles. The Kier molecular flexibility index (Phi) is 5.05. The lowest BCUT2D eigenvalue weighted by Gasteiger charge is -2.10. The van der Waals surface area contributed by atoms with Gasteiger partial charge in [0.15, 0.2) is 0 Å². The molecule has 2 rings (SSSR count). The summed E-state index contributed by atoms with van der Waals surface area (Å²) in [6, 6.07) is 12.2. The van der Waals surface area contributed by atoms with Crippen LogP contribution in [0.4, 0.5) is 0 Å². The van der Waals surface area contributed by atoms with Crippen LogP contribution < -0.4 is 0 Å². The molecule has 102 valence electrons. The first-order valence-corrected chi connectivity index (χ1v) is 7.55. The van der Waals surface area contributed by atoms with Gasteiger partial charge in [-0.1, -0.05) is 25.1 Å². The smallest absolute Gasteiger partial charge is 0.0689 e. The number of nitrogens with zero attached hydrogens (tertiary/aromatic N) is 2. The second-order valence-corrected chi connectivity index (χ2v) is 5.68. The van der Waals surface area contributed by atoms with E-state index in [1.54, 1.807) is 11.8 Å². The lowest BCUT2D eigenvalue weighted by atomic mass is 10.2. The third kappa shape index (κ3) is 4.11. The van der Waals surface area contributed by atoms with E-state index in [0.29, 0.717) is 12.2 Å². The predicted octanol–water partition coefficient (Wildman–Crippen LogP) is 2.68. The standard InChI is InChI=1S/C15H20N2OS/c1-3-12-9-13(17(2)16-12)10-14(18)11-19-15-7-5-4-6-8-15/h4-9,14,18H,3,10-11H2,1-2H3. The van der Waals surface area contributed by atoms with Crippen LogP contribution in [0.2, 0.25) is 0 Å². The van der Waals surface area contributed by atoms with Gasteiger partial charge < -0.3 is 5.11 Å². The van der Waals surface area contributed by atoms with Crippen molar-refractivity contribution in [1.29, 1.82) is 0 Å². The van der Waals surface area contributed by atoms with Crippen molar-refractivity contribution < 1.29 is 5.11 Å². The summed E-state index contributed by atoms with van der Waals surface area (Å²) < 4.78 is 1.87. The molecule has 0 radical (unpaired) electrons. The second-order valence-electron chi connectivity index (χ2n) is 4.59. The number of hydrogen-bond acceptors (Lipinski definition) is 3. The Labute approximate surface area is 118 Å². The Morgan fingerprint density at radius 2 is 2.05 bits per heavy atom. The summed E-state index contributed by atoms with van der Waals surface area (Å²) in [5, 5.41) is 14.5. The van der Waals surface area contributed by atoms with Gasteiger partial charge in [-0.05, 0) is 24.6 Å². The van der Waals surface area contributed by atoms with E-state index in [0.717, 1.165) is 17.8 Å². The molecule has 19 heavy (non-hydrogen) atoms. The number of aliphatic hydroxyl groups is 1. The van der Waals surface area contributed by atoms with Gasteiger partial charge in [0.05, 0.1) is 11.8 Å². The Morgan fingerprint density at radius 3 is 2.68 bits per heavy atom. The third-order valence-corrected chi connectivity index (χ3v) is 4.18. The largest absolute Gasteiger partial charge is 0.392 e. The number of aromatic nitrogens is 2. The monoisotopic (exact) mass is 276 g/mol. The van der Waals surface area contributed by atoms with Gasteiger partial charge in [0.25, 0.3) is 0 Å². The third-order valence-electron chi connectivity index (χ3n) is 3.02. The van der Waals surface area contributed by atoms with E-state index >= 15 is 0 Å². The minimum atomic E-state index is -0.342. The number of rotatable bonds is 6. The molecule has 0 saturated heterocycles. The van der Waals surface area contributed by atoms with Crippen LogP contribution in [0.3, 0.4) is 0 Å². The van der Waals surface area contributed by atoms with Crippen molar-refractivity contribution in [2.75, 3.05) is 5.75 Å². The highest BCUT2D eigenvalue weighted by molar-refractivity contribution is 7.99. The van der Waals surface area contributed by atoms with Gasteiger partial charge >= 0.3 is 0 Å². The Hall–Kier alpha value is -1.26. The molecule has 0 aliphatic heterocycles. The fraction of sp³-hybridized carbons (Fsp3) is 0.400. The van der Waals surface area contributed by atoms with Crippen LogP contribution in [0.25, 0.3) is 0 Å². The van der Waals surface area contributed by atoms with Gasteiger partial charge in [0, 0.05) is 29.8 Å². The molecule has 3 nitrogen and oxygen atoms in total. The molecule has 0 spiro atoms. The summed E-state index contributed by atoms with van der Waals surface area (Å²) in [5.41, 5.74) is 2.18. The highest BCUT2D eigenvalue weighted by atomic mass is 32.2. The molecule has 1 unspecified atom stereocenters. The van der Waals surface area contributed by atoms with E-state index in [9.17, 15) is 5.11 Å². The number of thioether (sulfide) groups is 1. The van der Waals surface area contributed by atoms with Crippen LogP contribution in [0.5, 0.6) is 0 Å². The van der Waals surface area contributed by atoms with Crippen molar-refractivity contribution in [2.24, 2.45) is 7.05 Å². The van der Waals surface area contributed by atoms with Gasteiger partial charge in [-0.25, -0.2) is 0 Å². The van der Waals surface area contributed by atoms with Crippen molar-refractivity contribution in [2.45, 2.75) is 30.8 Å². The van der Waals surface area contributed by atoms with Crippen LogP contribution >= 0.6 is 11.8 Å². The van der Waals surface area contributed by atoms with Crippen molar-refractivity contribution in [3.63, 3.8) is 0 Å². The van der Waals surface area contributed by atoms with E-state index in [-0.39, 0.29) is 6.10 Å². The summed E-state index contributed by atoms with van der Waals surface area (Å²) in [6.45, 7) is 2.09. The average molecular weight is 276 g/mol. The number of aliphatic hydroxyl groups excluding tert-OH is 1. The average Bonchev–Trinajstić information content (AvgIpc) is 2.78. The highest BCUT2D eigenvalue weighted by Gasteiger charge is 2.11. The molecule has 0 aliphatic rings. The van der Waals surface area contributed by atoms with Gasteiger partial charge in [0.1, 0.15) is 0 Å². The van der Waals surface area contributed by atoms with Crippen LogP contribution in [0.15, 0.2) is 41.3 Å². The highest BCUT2D eigenvalue weighted by Crippen LogP contribution is 2.19. The van der Waals surface area contributed by atoms with Crippen molar-refractivity contribution >= 4 is 11.8 Å². The minimum Gasteiger partial charge on any atom is -0.392 e. The number of aryl methyl sites for hydroxylation is 2. The Balaban J connectivity index is 1.87. The van der Waals surface area contributed by atoms with Gasteiger partial charge in [-0.3, -0.25) is 4.68 Å². The van der Waals surface area contributed by atoms with Gasteiger partial charge in [0.2, 0.25) is 0 Å². The van der Waals surface area contributed by atoms with Gasteiger partial charge in [-0.2, -0.15) is 5.10 Å². The van der Waals surface area contributed by atoms with Crippen LogP contribution in [-0.2, 0) is 19.9 Å². The van der Waals surface area contributed by atoms with Crippen molar-refractivity contribution in [1.82, 2.24) is 9.78 Å². The molecule has 0 bridgehead atoms. The first-order chi connectivity index (χ1) is 9.19. The predicted molar refractivity (Wildman–Crippen MR) is 79.5 cm³/mol. The number of hydrogen-bond donors (Lipinski definition) is 1. The van der Waals surface area contributed by atoms with Gasteiger partial charge in [-0.15, -0.1) is 11.8 Å². The molecule has 0 saturated carbocycles. The molecule has 0 amide bonds. The van der Waals surface area contributed by atoms with E-state index < -0.39 is 0 Å². The molecular weight excluding hydrogens is 256 g/mol. The maximum atomic E-state index is 10.1. The molecule has 1 N–H and O–H groups in total. The fourth-order valence-electron chi connectivity index (χ4n) is 1.94. The van der Waals surface area contributed by atoms with E-state index in [1.165, 1.54) is 4.90 Å². The second kappa shape index (κ2) is 6.78. The molecule has 4 heteroatoms. The van der Waals surface area contributed by atoms with E-state index in [1.807, 2.05) is 29.9 Å². The lowest BCUT2D eigenvalue weighted by molar-refractivity contribution is 0.197. The molecule has 1 aromatic heterocycles. The molecule has 1 aromatic carbocycles. The fourth-order valence-corrected chi connectivity index (χ4v) is 2.80. The quantitative estimate of drug-likeness (QED) is 0.824. The topological polar surface area (TPSA) is 38.0 Å². The zero-order valence-corrected chi connectivity index (χ0v) is 12.2. The molecule has 1 atom stereocenters. The summed E-state index contributed by atoms with van der Waals surface area (Å²) in [4.78, 5) is 1.20. The zero-order valence-electron chi connectivity index (χ0n) is 11.4. The first kappa shape index (κ1) is 14.2. The Bertz CT molecular complexity index is 510. The van der Waals surface area contributed by atoms with E-state index in [4.69, 9.17) is 0 Å². The zero-order chi connectivity index (χ0) is 13.7. The SMILES string of the molecule is CCc1cc(CC(O)CSc2ccccc2)n(C)n1. The normalized spacial score (nSPS) is 12.6. The molecule has 0 fully saturated rings. The van der Waals surface area contributed by atoms with E-state index in [2.05, 4.69) is 30.2 Å². The molecule has 2 aromatic rings. The summed E-state index contributed by atoms with van der Waals surface area (Å²) in [5.74, 6) is 0.705. The maximum absolute atomic E-state index is 10.1. The first-order valence-electron chi connectivity index (χ1n) is 6.56. The Morgan fingerprint density at radius 1 is 1.32 bits per heavy atom. The number of benzene rings is 1. The minimum absolute atomic E-state index is 0.342. The maximum Gasteiger partial charge on any atom is 0.0689 e. The van der Waals surface area contributed by atoms with Crippen LogP contribution in [0.1, 0.15) is 18.3 Å². The summed E-state index contributed by atoms with van der Waals surface area (Å²) in [7, 11) is 1.94. The van der Waals surface area contributed by atoms with Crippen LogP contribution in [0, 0.1) is 0 Å². The lowest BCUT2D eigenvalue weighted by Crippen LogP contribution is -2.15. The summed E-state index contributed by atoms with van der Waals surface area (Å²) >= 11 is 1.69. The summed E-state index contributed by atoms with van der Waals surface area (Å²) in [6.07, 6.45) is 1.25. The van der Waals surface area contributed by atoms with Crippen LogP contribution in [-0.4, -0.2) is 26.7 Å². The van der Waals surface area contributed by atoms with Crippen molar-refractivity contribution in [3.05, 3.63) is 47.8 Å². The molecular formula is C15H20N2OS. The molecule has 1 heterocycles. The van der Waals surface area contributed by atoms with Crippen molar-refractivity contribution in [3.8, 4) is 0 Å².